The Hall–Kier alpha value is -3.93. The van der Waals surface area contributed by atoms with Gasteiger partial charge in [0.2, 0.25) is 0 Å². The van der Waals surface area contributed by atoms with Crippen LogP contribution in [0.3, 0.4) is 0 Å². The van der Waals surface area contributed by atoms with Crippen LogP contribution in [0.2, 0.25) is 0 Å². The van der Waals surface area contributed by atoms with E-state index in [1.165, 1.54) is 19.2 Å². The molecule has 0 radical (unpaired) electrons. The third-order valence-electron chi connectivity index (χ3n) is 4.23. The SMILES string of the molecule is COc1cc(O)c(-c2nc(-c3ccccc3)nc(-c3ccccc3)n2)c(O)c1. The molecule has 0 atom stereocenters. The Morgan fingerprint density at radius 1 is 0.643 bits per heavy atom. The maximum atomic E-state index is 10.4. The van der Waals surface area contributed by atoms with E-state index in [2.05, 4.69) is 15.0 Å². The Labute approximate surface area is 161 Å². The molecule has 1 aromatic heterocycles. The highest BCUT2D eigenvalue weighted by Crippen LogP contribution is 2.39. The van der Waals surface area contributed by atoms with Gasteiger partial charge in [0.1, 0.15) is 22.8 Å². The van der Waals surface area contributed by atoms with Crippen LogP contribution in [0.15, 0.2) is 72.8 Å². The lowest BCUT2D eigenvalue weighted by molar-refractivity contribution is 0.399. The zero-order valence-corrected chi connectivity index (χ0v) is 15.1. The van der Waals surface area contributed by atoms with Gasteiger partial charge in [-0.3, -0.25) is 0 Å². The van der Waals surface area contributed by atoms with Gasteiger partial charge in [0.25, 0.3) is 0 Å². The van der Waals surface area contributed by atoms with Crippen LogP contribution in [0.4, 0.5) is 0 Å². The van der Waals surface area contributed by atoms with Crippen molar-refractivity contribution in [2.75, 3.05) is 7.11 Å². The van der Waals surface area contributed by atoms with E-state index in [1.54, 1.807) is 0 Å². The molecule has 0 spiro atoms. The molecule has 28 heavy (non-hydrogen) atoms. The van der Waals surface area contributed by atoms with E-state index in [1.807, 2.05) is 60.7 Å². The number of rotatable bonds is 4. The van der Waals surface area contributed by atoms with E-state index in [9.17, 15) is 10.2 Å². The van der Waals surface area contributed by atoms with Crippen LogP contribution >= 0.6 is 0 Å². The summed E-state index contributed by atoms with van der Waals surface area (Å²) < 4.78 is 5.08. The van der Waals surface area contributed by atoms with Crippen molar-refractivity contribution >= 4 is 0 Å². The van der Waals surface area contributed by atoms with Gasteiger partial charge in [-0.15, -0.1) is 0 Å². The smallest absolute Gasteiger partial charge is 0.171 e. The van der Waals surface area contributed by atoms with E-state index in [0.29, 0.717) is 17.4 Å². The Kier molecular flexibility index (Phi) is 4.60. The van der Waals surface area contributed by atoms with E-state index in [4.69, 9.17) is 4.74 Å². The first-order valence-electron chi connectivity index (χ1n) is 8.63. The molecular formula is C22H17N3O3. The molecule has 4 aromatic rings. The molecule has 6 nitrogen and oxygen atoms in total. The zero-order valence-electron chi connectivity index (χ0n) is 15.1. The van der Waals surface area contributed by atoms with E-state index in [-0.39, 0.29) is 22.9 Å². The lowest BCUT2D eigenvalue weighted by Gasteiger charge is -2.11. The Bertz CT molecular complexity index is 1040. The summed E-state index contributed by atoms with van der Waals surface area (Å²) in [7, 11) is 1.46. The number of hydrogen-bond donors (Lipinski definition) is 2. The molecule has 3 aromatic carbocycles. The van der Waals surface area contributed by atoms with Gasteiger partial charge in [0.05, 0.1) is 7.11 Å². The van der Waals surface area contributed by atoms with Crippen LogP contribution < -0.4 is 4.74 Å². The molecule has 0 saturated carbocycles. The molecule has 0 aliphatic carbocycles. The number of phenolic OH excluding ortho intramolecular Hbond substituents is 2. The summed E-state index contributed by atoms with van der Waals surface area (Å²) in [5, 5.41) is 20.9. The highest BCUT2D eigenvalue weighted by Gasteiger charge is 2.19. The van der Waals surface area contributed by atoms with Gasteiger partial charge in [-0.25, -0.2) is 15.0 Å². The number of aromatic hydroxyl groups is 2. The fourth-order valence-corrected chi connectivity index (χ4v) is 2.85. The number of ether oxygens (including phenoxy) is 1. The van der Waals surface area contributed by atoms with Crippen LogP contribution in [0.1, 0.15) is 0 Å². The van der Waals surface area contributed by atoms with Crippen LogP contribution in [0.25, 0.3) is 34.2 Å². The molecule has 0 aliphatic rings. The van der Waals surface area contributed by atoms with Crippen molar-refractivity contribution in [1.82, 2.24) is 15.0 Å². The lowest BCUT2D eigenvalue weighted by Crippen LogP contribution is -2.00. The molecule has 6 heteroatoms. The first-order chi connectivity index (χ1) is 13.7. The monoisotopic (exact) mass is 371 g/mol. The molecule has 0 fully saturated rings. The fraction of sp³-hybridized carbons (Fsp3) is 0.0455. The van der Waals surface area contributed by atoms with Gasteiger partial charge in [-0.2, -0.15) is 0 Å². The number of phenols is 2. The number of nitrogens with zero attached hydrogens (tertiary/aromatic N) is 3. The second-order valence-electron chi connectivity index (χ2n) is 6.08. The second kappa shape index (κ2) is 7.36. The van der Waals surface area contributed by atoms with Crippen molar-refractivity contribution in [3.63, 3.8) is 0 Å². The molecule has 4 rings (SSSR count). The first-order valence-corrected chi connectivity index (χ1v) is 8.63. The molecule has 0 unspecified atom stereocenters. The standard InChI is InChI=1S/C22H17N3O3/c1-28-16-12-17(26)19(18(27)13-16)22-24-20(14-8-4-2-5-9-14)23-21(25-22)15-10-6-3-7-11-15/h2-13,26-27H,1H3. The van der Waals surface area contributed by atoms with Crippen LogP contribution in [-0.2, 0) is 0 Å². The Morgan fingerprint density at radius 3 is 1.50 bits per heavy atom. The third-order valence-corrected chi connectivity index (χ3v) is 4.23. The summed E-state index contributed by atoms with van der Waals surface area (Å²) in [5.74, 6) is 1.03. The number of methoxy groups -OCH3 is 1. The summed E-state index contributed by atoms with van der Waals surface area (Å²) >= 11 is 0. The number of aromatic nitrogens is 3. The molecule has 0 amide bonds. The number of hydrogen-bond acceptors (Lipinski definition) is 6. The predicted molar refractivity (Wildman–Crippen MR) is 106 cm³/mol. The van der Waals surface area contributed by atoms with Crippen molar-refractivity contribution in [1.29, 1.82) is 0 Å². The Morgan fingerprint density at radius 2 is 1.07 bits per heavy atom. The van der Waals surface area contributed by atoms with Crippen molar-refractivity contribution in [3.05, 3.63) is 72.8 Å². The fourth-order valence-electron chi connectivity index (χ4n) is 2.85. The molecule has 0 aliphatic heterocycles. The summed E-state index contributed by atoms with van der Waals surface area (Å²) in [6.45, 7) is 0. The van der Waals surface area contributed by atoms with Gasteiger partial charge in [0, 0.05) is 23.3 Å². The normalized spacial score (nSPS) is 10.6. The van der Waals surface area contributed by atoms with Crippen LogP contribution in [0.5, 0.6) is 17.2 Å². The summed E-state index contributed by atoms with van der Waals surface area (Å²) in [6.07, 6.45) is 0. The van der Waals surface area contributed by atoms with Gasteiger partial charge >= 0.3 is 0 Å². The van der Waals surface area contributed by atoms with Gasteiger partial charge in [-0.05, 0) is 0 Å². The number of benzene rings is 3. The largest absolute Gasteiger partial charge is 0.507 e. The summed E-state index contributed by atoms with van der Waals surface area (Å²) in [5.41, 5.74) is 1.73. The predicted octanol–water partition coefficient (Wildman–Crippen LogP) is 4.29. The summed E-state index contributed by atoms with van der Waals surface area (Å²) in [6, 6.07) is 21.8. The van der Waals surface area contributed by atoms with Crippen molar-refractivity contribution < 1.29 is 14.9 Å². The van der Waals surface area contributed by atoms with Gasteiger partial charge in [-0.1, -0.05) is 60.7 Å². The molecule has 0 bridgehead atoms. The van der Waals surface area contributed by atoms with Crippen LogP contribution in [0, 0.1) is 0 Å². The lowest BCUT2D eigenvalue weighted by atomic mass is 10.1. The minimum atomic E-state index is -0.180. The molecule has 2 N–H and O–H groups in total. The highest BCUT2D eigenvalue weighted by atomic mass is 16.5. The minimum Gasteiger partial charge on any atom is -0.507 e. The van der Waals surface area contributed by atoms with E-state index >= 15 is 0 Å². The van der Waals surface area contributed by atoms with Gasteiger partial charge in [0.15, 0.2) is 17.5 Å². The Balaban J connectivity index is 1.95. The average molecular weight is 371 g/mol. The second-order valence-corrected chi connectivity index (χ2v) is 6.08. The quantitative estimate of drug-likeness (QED) is 0.556. The topological polar surface area (TPSA) is 88.4 Å². The zero-order chi connectivity index (χ0) is 19.5. The summed E-state index contributed by atoms with van der Waals surface area (Å²) in [4.78, 5) is 13.6. The van der Waals surface area contributed by atoms with Crippen molar-refractivity contribution in [2.45, 2.75) is 0 Å². The average Bonchev–Trinajstić information content (AvgIpc) is 2.74. The van der Waals surface area contributed by atoms with Crippen molar-refractivity contribution in [2.24, 2.45) is 0 Å². The van der Waals surface area contributed by atoms with E-state index < -0.39 is 0 Å². The maximum Gasteiger partial charge on any atom is 0.171 e. The van der Waals surface area contributed by atoms with Crippen LogP contribution in [-0.4, -0.2) is 32.3 Å². The minimum absolute atomic E-state index is 0.123. The maximum absolute atomic E-state index is 10.4. The molecule has 1 heterocycles. The molecule has 138 valence electrons. The molecular weight excluding hydrogens is 354 g/mol. The van der Waals surface area contributed by atoms with Gasteiger partial charge < -0.3 is 14.9 Å². The van der Waals surface area contributed by atoms with E-state index in [0.717, 1.165) is 11.1 Å². The highest BCUT2D eigenvalue weighted by molar-refractivity contribution is 5.75. The first kappa shape index (κ1) is 17.5. The third kappa shape index (κ3) is 3.35. The molecule has 0 saturated heterocycles. The van der Waals surface area contributed by atoms with Crippen molar-refractivity contribution in [3.8, 4) is 51.4 Å².